The van der Waals surface area contributed by atoms with Crippen molar-refractivity contribution in [1.82, 2.24) is 5.32 Å². The zero-order valence-corrected chi connectivity index (χ0v) is 46.7. The Balaban J connectivity index is 5.36. The smallest absolute Gasteiger partial charge is 0.306 e. The van der Waals surface area contributed by atoms with Crippen LogP contribution in [0, 0.1) is 0 Å². The van der Waals surface area contributed by atoms with Gasteiger partial charge in [-0.2, -0.15) is 0 Å². The van der Waals surface area contributed by atoms with E-state index in [9.17, 15) is 19.0 Å². The van der Waals surface area contributed by atoms with Crippen LogP contribution in [0.25, 0.3) is 0 Å². The molecule has 0 rings (SSSR count). The van der Waals surface area contributed by atoms with E-state index in [2.05, 4.69) is 74.7 Å². The van der Waals surface area contributed by atoms with Crippen LogP contribution in [-0.2, 0) is 27.9 Å². The molecule has 0 aromatic rings. The number of amides is 1. The molecule has 0 heterocycles. The highest BCUT2D eigenvalue weighted by Crippen LogP contribution is 2.38. The lowest BCUT2D eigenvalue weighted by Gasteiger charge is -2.30. The van der Waals surface area contributed by atoms with Gasteiger partial charge >= 0.3 is 5.97 Å². The first-order valence-electron chi connectivity index (χ1n) is 28.6. The third kappa shape index (κ3) is 50.4. The summed E-state index contributed by atoms with van der Waals surface area (Å²) in [5.41, 5.74) is 0. The van der Waals surface area contributed by atoms with Crippen molar-refractivity contribution in [1.29, 1.82) is 0 Å². The Labute approximate surface area is 426 Å². The molecule has 0 saturated heterocycles. The van der Waals surface area contributed by atoms with Crippen molar-refractivity contribution >= 4 is 19.7 Å². The molecular formula is C59H109N2O7P. The normalized spacial score (nSPS) is 14.2. The second-order valence-electron chi connectivity index (χ2n) is 20.4. The van der Waals surface area contributed by atoms with Gasteiger partial charge in [0.2, 0.25) is 5.91 Å². The number of phosphoric ester groups is 1. The van der Waals surface area contributed by atoms with Gasteiger partial charge in [0, 0.05) is 12.8 Å². The number of nitrogens with zero attached hydrogens (tertiary/aromatic N) is 1. The number of quaternary nitrogens is 1. The van der Waals surface area contributed by atoms with E-state index < -0.39 is 26.6 Å². The first-order chi connectivity index (χ1) is 33.4. The van der Waals surface area contributed by atoms with Crippen LogP contribution in [0.4, 0.5) is 0 Å². The second kappa shape index (κ2) is 49.3. The Kier molecular flexibility index (Phi) is 47.7. The number of unbranched alkanes of at least 4 members (excludes halogenated alkanes) is 27. The molecule has 0 aliphatic carbocycles. The third-order valence-corrected chi connectivity index (χ3v) is 13.4. The van der Waals surface area contributed by atoms with Gasteiger partial charge in [-0.3, -0.25) is 14.2 Å². The Morgan fingerprint density at radius 2 is 0.928 bits per heavy atom. The van der Waals surface area contributed by atoms with Gasteiger partial charge in [-0.15, -0.1) is 0 Å². The number of rotatable bonds is 51. The van der Waals surface area contributed by atoms with Gasteiger partial charge in [-0.05, 0) is 89.5 Å². The van der Waals surface area contributed by atoms with Gasteiger partial charge in [-0.1, -0.05) is 210 Å². The number of hydrogen-bond acceptors (Lipinski definition) is 7. The maximum Gasteiger partial charge on any atom is 0.306 e. The van der Waals surface area contributed by atoms with Crippen LogP contribution in [0.2, 0.25) is 0 Å². The summed E-state index contributed by atoms with van der Waals surface area (Å²) < 4.78 is 30.2. The van der Waals surface area contributed by atoms with Crippen molar-refractivity contribution in [2.75, 3.05) is 40.9 Å². The highest BCUT2D eigenvalue weighted by molar-refractivity contribution is 7.45. The maximum atomic E-state index is 13.5. The molecular weight excluding hydrogens is 880 g/mol. The van der Waals surface area contributed by atoms with Crippen LogP contribution < -0.4 is 10.2 Å². The molecule has 0 spiro atoms. The fraction of sp³-hybridized carbons (Fsp3) is 0.797. The molecule has 3 unspecified atom stereocenters. The maximum absolute atomic E-state index is 13.5. The van der Waals surface area contributed by atoms with E-state index in [0.29, 0.717) is 17.4 Å². The van der Waals surface area contributed by atoms with E-state index in [1.165, 1.54) is 116 Å². The van der Waals surface area contributed by atoms with Gasteiger partial charge in [0.25, 0.3) is 7.82 Å². The van der Waals surface area contributed by atoms with E-state index in [1.807, 2.05) is 33.3 Å². The molecule has 0 aromatic carbocycles. The number of phosphoric acid groups is 1. The summed E-state index contributed by atoms with van der Waals surface area (Å²) in [6, 6.07) is -0.895. The quantitative estimate of drug-likeness (QED) is 0.0212. The number of carbonyl (C=O) groups is 2. The molecule has 0 aliphatic heterocycles. The highest BCUT2D eigenvalue weighted by Gasteiger charge is 2.27. The predicted molar refractivity (Wildman–Crippen MR) is 293 cm³/mol. The van der Waals surface area contributed by atoms with E-state index in [1.54, 1.807) is 0 Å². The summed E-state index contributed by atoms with van der Waals surface area (Å²) in [7, 11) is 1.17. The molecule has 0 radical (unpaired) electrons. The molecule has 9 nitrogen and oxygen atoms in total. The summed E-state index contributed by atoms with van der Waals surface area (Å²) in [6.07, 6.45) is 60.3. The number of carbonyl (C=O) groups excluding carboxylic acids is 2. The number of likely N-dealkylation sites (N-methyl/N-ethyl adjacent to an activating group) is 1. The van der Waals surface area contributed by atoms with Crippen molar-refractivity contribution in [3.8, 4) is 0 Å². The van der Waals surface area contributed by atoms with Crippen molar-refractivity contribution in [2.45, 2.75) is 264 Å². The molecule has 0 fully saturated rings. The number of esters is 1. The Hall–Kier alpha value is -2.29. The SMILES string of the molecule is CC/C=C/C/C=C/CCCCCCCCCC(=O)OC(/C=C/CCCCCCCCCCCC)C(COP(=O)([O-])OCC[N+](C)(C)C)NC(=O)CCCCCCCCC/C=C\C/C=C\CCCCC. The lowest BCUT2D eigenvalue weighted by Crippen LogP contribution is -2.47. The predicted octanol–water partition coefficient (Wildman–Crippen LogP) is 16.5. The van der Waals surface area contributed by atoms with E-state index in [4.69, 9.17) is 13.8 Å². The molecule has 1 N–H and O–H groups in total. The molecule has 0 aliphatic rings. The second-order valence-corrected chi connectivity index (χ2v) is 21.8. The van der Waals surface area contributed by atoms with Crippen molar-refractivity contribution < 1.29 is 37.3 Å². The van der Waals surface area contributed by atoms with Gasteiger partial charge in [-0.25, -0.2) is 0 Å². The summed E-state index contributed by atoms with van der Waals surface area (Å²) in [4.78, 5) is 39.8. The highest BCUT2D eigenvalue weighted by atomic mass is 31.2. The van der Waals surface area contributed by atoms with Gasteiger partial charge in [0.1, 0.15) is 19.3 Å². The minimum atomic E-state index is -4.70. The largest absolute Gasteiger partial charge is 0.756 e. The molecule has 10 heteroatoms. The summed E-state index contributed by atoms with van der Waals surface area (Å²) in [6.45, 7) is 6.70. The van der Waals surface area contributed by atoms with Crippen LogP contribution in [0.5, 0.6) is 0 Å². The van der Waals surface area contributed by atoms with Gasteiger partial charge < -0.3 is 28.5 Å². The molecule has 0 aromatic heterocycles. The summed E-state index contributed by atoms with van der Waals surface area (Å²) in [5.74, 6) is -0.559. The Morgan fingerprint density at radius 3 is 1.41 bits per heavy atom. The third-order valence-electron chi connectivity index (χ3n) is 12.4. The fourth-order valence-corrected chi connectivity index (χ4v) is 8.72. The zero-order valence-electron chi connectivity index (χ0n) is 45.8. The van der Waals surface area contributed by atoms with Crippen LogP contribution in [0.15, 0.2) is 60.8 Å². The Morgan fingerprint density at radius 1 is 0.522 bits per heavy atom. The van der Waals surface area contributed by atoms with Crippen LogP contribution >= 0.6 is 7.82 Å². The minimum Gasteiger partial charge on any atom is -0.756 e. The standard InChI is InChI=1S/C59H109N2O7P/c1-7-10-13-16-19-22-25-28-30-31-32-33-36-39-42-45-48-51-58(62)60-56(55-67-69(64,65)66-54-53-61(4,5)6)57(50-47-44-41-38-35-27-24-21-18-15-12-9-3)68-59(63)52-49-46-43-40-37-34-29-26-23-20-17-14-11-8-2/h11,14,19-20,22-23,28,30,47,50,56-57H,7-10,12-13,15-18,21,24-27,29,31-46,48-49,51-55H2,1-6H3,(H-,60,62,64,65)/b14-11+,22-19-,23-20+,30-28-,50-47+. The van der Waals surface area contributed by atoms with E-state index >= 15 is 0 Å². The monoisotopic (exact) mass is 989 g/mol. The number of allylic oxidation sites excluding steroid dienone is 9. The first kappa shape index (κ1) is 66.7. The average Bonchev–Trinajstić information content (AvgIpc) is 3.31. The van der Waals surface area contributed by atoms with Crippen LogP contribution in [-0.4, -0.2) is 69.4 Å². The molecule has 0 bridgehead atoms. The number of ether oxygens (including phenoxy) is 1. The number of nitrogens with one attached hydrogen (secondary N) is 1. The zero-order chi connectivity index (χ0) is 50.8. The topological polar surface area (TPSA) is 114 Å². The fourth-order valence-electron chi connectivity index (χ4n) is 8.00. The molecule has 1 amide bonds. The van der Waals surface area contributed by atoms with E-state index in [-0.39, 0.29) is 24.9 Å². The van der Waals surface area contributed by atoms with Crippen LogP contribution in [0.1, 0.15) is 252 Å². The summed E-state index contributed by atoms with van der Waals surface area (Å²) in [5, 5.41) is 3.01. The average molecular weight is 990 g/mol. The Bertz CT molecular complexity index is 1370. The lowest BCUT2D eigenvalue weighted by molar-refractivity contribution is -0.870. The summed E-state index contributed by atoms with van der Waals surface area (Å²) >= 11 is 0. The van der Waals surface area contributed by atoms with Crippen molar-refractivity contribution in [3.05, 3.63) is 60.8 Å². The van der Waals surface area contributed by atoms with Crippen molar-refractivity contribution in [3.63, 3.8) is 0 Å². The minimum absolute atomic E-state index is 0.0266. The lowest BCUT2D eigenvalue weighted by atomic mass is 10.0. The van der Waals surface area contributed by atoms with Crippen LogP contribution in [0.3, 0.4) is 0 Å². The van der Waals surface area contributed by atoms with Gasteiger partial charge in [0.05, 0.1) is 33.8 Å². The molecule has 0 saturated carbocycles. The van der Waals surface area contributed by atoms with E-state index in [0.717, 1.165) is 103 Å². The van der Waals surface area contributed by atoms with Gasteiger partial charge in [0.15, 0.2) is 0 Å². The number of hydrogen-bond donors (Lipinski definition) is 1. The molecule has 3 atom stereocenters. The van der Waals surface area contributed by atoms with Crippen molar-refractivity contribution in [2.24, 2.45) is 0 Å². The first-order valence-corrected chi connectivity index (χ1v) is 30.1. The molecule has 402 valence electrons. The molecule has 69 heavy (non-hydrogen) atoms.